The van der Waals surface area contributed by atoms with Crippen molar-refractivity contribution in [2.24, 2.45) is 7.05 Å². The zero-order valence-corrected chi connectivity index (χ0v) is 12.2. The van der Waals surface area contributed by atoms with Crippen LogP contribution in [0.15, 0.2) is 35.4 Å². The second-order valence-electron chi connectivity index (χ2n) is 4.80. The standard InChI is InChI=1S/C14H14ClN5O/c1-20-8-9(6-17-20)5-16-7-13-18-12-4-10(15)2-3-11(12)14(21)19-13/h2-4,6,8,16H,5,7H2,1H3,(H,18,19,21). The van der Waals surface area contributed by atoms with E-state index in [4.69, 9.17) is 11.6 Å². The van der Waals surface area contributed by atoms with Gasteiger partial charge >= 0.3 is 0 Å². The van der Waals surface area contributed by atoms with E-state index < -0.39 is 0 Å². The van der Waals surface area contributed by atoms with Gasteiger partial charge in [0.05, 0.1) is 23.6 Å². The Bertz CT molecular complexity index is 839. The predicted octanol–water partition coefficient (Wildman–Crippen LogP) is 1.60. The number of nitrogens with one attached hydrogen (secondary N) is 2. The van der Waals surface area contributed by atoms with Gasteiger partial charge in [-0.1, -0.05) is 11.6 Å². The summed E-state index contributed by atoms with van der Waals surface area (Å²) in [6, 6.07) is 5.05. The van der Waals surface area contributed by atoms with E-state index in [-0.39, 0.29) is 5.56 Å². The maximum absolute atomic E-state index is 12.0. The number of rotatable bonds is 4. The number of nitrogens with zero attached hydrogens (tertiary/aromatic N) is 3. The number of aromatic nitrogens is 4. The Hall–Kier alpha value is -2.18. The summed E-state index contributed by atoms with van der Waals surface area (Å²) in [4.78, 5) is 19.1. The van der Waals surface area contributed by atoms with Crippen molar-refractivity contribution in [2.45, 2.75) is 13.1 Å². The summed E-state index contributed by atoms with van der Waals surface area (Å²) >= 11 is 5.93. The van der Waals surface area contributed by atoms with Crippen LogP contribution in [0.5, 0.6) is 0 Å². The third kappa shape index (κ3) is 3.12. The second-order valence-corrected chi connectivity index (χ2v) is 5.24. The molecule has 0 atom stereocenters. The van der Waals surface area contributed by atoms with E-state index in [9.17, 15) is 4.79 Å². The number of benzene rings is 1. The van der Waals surface area contributed by atoms with E-state index in [1.54, 1.807) is 29.1 Å². The molecular formula is C14H14ClN5O. The lowest BCUT2D eigenvalue weighted by molar-refractivity contribution is 0.662. The largest absolute Gasteiger partial charge is 0.309 e. The van der Waals surface area contributed by atoms with Crippen molar-refractivity contribution in [3.63, 3.8) is 0 Å². The average Bonchev–Trinajstić information content (AvgIpc) is 2.84. The number of aromatic amines is 1. The molecule has 2 aromatic heterocycles. The molecule has 0 bridgehead atoms. The van der Waals surface area contributed by atoms with Crippen LogP contribution in [0.3, 0.4) is 0 Å². The molecule has 3 aromatic rings. The molecule has 0 aliphatic heterocycles. The predicted molar refractivity (Wildman–Crippen MR) is 81.1 cm³/mol. The maximum atomic E-state index is 12.0. The van der Waals surface area contributed by atoms with E-state index in [1.807, 2.05) is 13.2 Å². The molecule has 0 saturated heterocycles. The average molecular weight is 304 g/mol. The van der Waals surface area contributed by atoms with Gasteiger partial charge in [-0.2, -0.15) is 5.10 Å². The first-order chi connectivity index (χ1) is 10.1. The van der Waals surface area contributed by atoms with Crippen LogP contribution < -0.4 is 10.9 Å². The summed E-state index contributed by atoms with van der Waals surface area (Å²) in [6.07, 6.45) is 3.73. The SMILES string of the molecule is Cn1cc(CNCc2nc3cc(Cl)ccc3c(=O)[nH]2)cn1. The fourth-order valence-electron chi connectivity index (χ4n) is 2.13. The van der Waals surface area contributed by atoms with Crippen LogP contribution in [0.4, 0.5) is 0 Å². The van der Waals surface area contributed by atoms with Crippen LogP contribution in [-0.2, 0) is 20.1 Å². The highest BCUT2D eigenvalue weighted by Crippen LogP contribution is 2.14. The Kier molecular flexibility index (Phi) is 3.72. The third-order valence-electron chi connectivity index (χ3n) is 3.10. The fourth-order valence-corrected chi connectivity index (χ4v) is 2.30. The van der Waals surface area contributed by atoms with Crippen LogP contribution in [0, 0.1) is 0 Å². The smallest absolute Gasteiger partial charge is 0.258 e. The van der Waals surface area contributed by atoms with Crippen molar-refractivity contribution in [1.29, 1.82) is 0 Å². The minimum atomic E-state index is -0.158. The molecule has 0 unspecified atom stereocenters. The molecule has 2 heterocycles. The number of hydrogen-bond acceptors (Lipinski definition) is 4. The summed E-state index contributed by atoms with van der Waals surface area (Å²) < 4.78 is 1.75. The molecule has 21 heavy (non-hydrogen) atoms. The molecule has 1 aromatic carbocycles. The van der Waals surface area contributed by atoms with Crippen LogP contribution in [0.1, 0.15) is 11.4 Å². The van der Waals surface area contributed by atoms with Gasteiger partial charge in [-0.3, -0.25) is 9.48 Å². The van der Waals surface area contributed by atoms with Gasteiger partial charge in [0.1, 0.15) is 5.82 Å². The normalized spacial score (nSPS) is 11.1. The summed E-state index contributed by atoms with van der Waals surface area (Å²) in [6.45, 7) is 1.12. The lowest BCUT2D eigenvalue weighted by Gasteiger charge is -2.04. The van der Waals surface area contributed by atoms with Crippen molar-refractivity contribution in [1.82, 2.24) is 25.1 Å². The zero-order valence-electron chi connectivity index (χ0n) is 11.4. The first kappa shape index (κ1) is 13.8. The molecule has 0 saturated carbocycles. The monoisotopic (exact) mass is 303 g/mol. The molecule has 0 amide bonds. The molecule has 0 aliphatic rings. The summed E-state index contributed by atoms with van der Waals surface area (Å²) in [5.41, 5.74) is 1.52. The lowest BCUT2D eigenvalue weighted by Crippen LogP contribution is -2.19. The van der Waals surface area contributed by atoms with Gasteiger partial charge in [0, 0.05) is 30.4 Å². The van der Waals surface area contributed by atoms with Crippen molar-refractivity contribution >= 4 is 22.5 Å². The van der Waals surface area contributed by atoms with E-state index in [0.717, 1.165) is 5.56 Å². The molecule has 108 valence electrons. The Morgan fingerprint density at radius 3 is 3.00 bits per heavy atom. The quantitative estimate of drug-likeness (QED) is 0.767. The van der Waals surface area contributed by atoms with Gasteiger partial charge < -0.3 is 10.3 Å². The van der Waals surface area contributed by atoms with Crippen LogP contribution in [-0.4, -0.2) is 19.7 Å². The van der Waals surface area contributed by atoms with Gasteiger partial charge in [-0.15, -0.1) is 0 Å². The van der Waals surface area contributed by atoms with Crippen LogP contribution in [0.25, 0.3) is 10.9 Å². The Morgan fingerprint density at radius 1 is 1.38 bits per heavy atom. The molecule has 7 heteroatoms. The van der Waals surface area contributed by atoms with Gasteiger partial charge in [0.25, 0.3) is 5.56 Å². The second kappa shape index (κ2) is 5.67. The summed E-state index contributed by atoms with van der Waals surface area (Å²) in [7, 11) is 1.87. The number of hydrogen-bond donors (Lipinski definition) is 2. The third-order valence-corrected chi connectivity index (χ3v) is 3.33. The van der Waals surface area contributed by atoms with E-state index in [0.29, 0.717) is 34.8 Å². The summed E-state index contributed by atoms with van der Waals surface area (Å²) in [5, 5.41) is 8.42. The lowest BCUT2D eigenvalue weighted by atomic mass is 10.2. The molecule has 2 N–H and O–H groups in total. The number of H-pyrrole nitrogens is 1. The van der Waals surface area contributed by atoms with Gasteiger partial charge in [-0.05, 0) is 18.2 Å². The molecule has 0 fully saturated rings. The first-order valence-corrected chi connectivity index (χ1v) is 6.86. The number of aryl methyl sites for hydroxylation is 1. The van der Waals surface area contributed by atoms with Gasteiger partial charge in [-0.25, -0.2) is 4.98 Å². The van der Waals surface area contributed by atoms with Gasteiger partial charge in [0.2, 0.25) is 0 Å². The highest BCUT2D eigenvalue weighted by molar-refractivity contribution is 6.31. The molecule has 0 spiro atoms. The molecule has 0 radical (unpaired) electrons. The minimum Gasteiger partial charge on any atom is -0.309 e. The van der Waals surface area contributed by atoms with Crippen molar-refractivity contribution in [3.8, 4) is 0 Å². The fraction of sp³-hybridized carbons (Fsp3) is 0.214. The Labute approximate surface area is 125 Å². The van der Waals surface area contributed by atoms with E-state index in [2.05, 4.69) is 20.4 Å². The Morgan fingerprint density at radius 2 is 2.24 bits per heavy atom. The topological polar surface area (TPSA) is 75.6 Å². The molecule has 3 rings (SSSR count). The van der Waals surface area contributed by atoms with Crippen LogP contribution >= 0.6 is 11.6 Å². The highest BCUT2D eigenvalue weighted by Gasteiger charge is 2.04. The number of fused-ring (bicyclic) bond motifs is 1. The number of halogens is 1. The Balaban J connectivity index is 1.76. The van der Waals surface area contributed by atoms with Gasteiger partial charge in [0.15, 0.2) is 0 Å². The van der Waals surface area contributed by atoms with E-state index >= 15 is 0 Å². The summed E-state index contributed by atoms with van der Waals surface area (Å²) in [5.74, 6) is 0.582. The maximum Gasteiger partial charge on any atom is 0.258 e. The first-order valence-electron chi connectivity index (χ1n) is 6.48. The minimum absolute atomic E-state index is 0.158. The highest BCUT2D eigenvalue weighted by atomic mass is 35.5. The van der Waals surface area contributed by atoms with Crippen molar-refractivity contribution in [2.75, 3.05) is 0 Å². The van der Waals surface area contributed by atoms with Crippen LogP contribution in [0.2, 0.25) is 5.02 Å². The zero-order chi connectivity index (χ0) is 14.8. The van der Waals surface area contributed by atoms with Crippen molar-refractivity contribution in [3.05, 3.63) is 57.4 Å². The molecule has 6 nitrogen and oxygen atoms in total. The van der Waals surface area contributed by atoms with E-state index in [1.165, 1.54) is 0 Å². The van der Waals surface area contributed by atoms with Crippen molar-refractivity contribution < 1.29 is 0 Å². The molecular weight excluding hydrogens is 290 g/mol. The molecule has 0 aliphatic carbocycles.